The van der Waals surface area contributed by atoms with Gasteiger partial charge in [0.25, 0.3) is 11.8 Å². The average molecular weight is 580 g/mol. The molecular formula is C34H34FN5O3. The third kappa shape index (κ3) is 7.77. The first-order chi connectivity index (χ1) is 20.9. The summed E-state index contributed by atoms with van der Waals surface area (Å²) in [6, 6.07) is 27.6. The molecule has 1 saturated heterocycles. The first-order valence-electron chi connectivity index (χ1n) is 14.3. The molecule has 3 N–H and O–H groups in total. The Hall–Kier alpha value is -5.18. The molecule has 4 amide bonds. The fourth-order valence-electron chi connectivity index (χ4n) is 5.03. The number of benzene rings is 4. The van der Waals surface area contributed by atoms with Gasteiger partial charge in [0.1, 0.15) is 5.82 Å². The van der Waals surface area contributed by atoms with Gasteiger partial charge in [-0.25, -0.2) is 9.18 Å². The van der Waals surface area contributed by atoms with E-state index in [9.17, 15) is 18.8 Å². The smallest absolute Gasteiger partial charge is 0.321 e. The van der Waals surface area contributed by atoms with Crippen LogP contribution in [0, 0.1) is 12.7 Å². The monoisotopic (exact) mass is 579 g/mol. The molecule has 43 heavy (non-hydrogen) atoms. The summed E-state index contributed by atoms with van der Waals surface area (Å²) < 4.78 is 13.4. The number of urea groups is 1. The number of carbonyl (C=O) groups excluding carboxylic acids is 3. The Morgan fingerprint density at radius 3 is 2.28 bits per heavy atom. The van der Waals surface area contributed by atoms with Crippen LogP contribution >= 0.6 is 0 Å². The van der Waals surface area contributed by atoms with Crippen LogP contribution in [0.2, 0.25) is 0 Å². The fraction of sp³-hybridized carbons (Fsp3) is 0.206. The van der Waals surface area contributed by atoms with Crippen molar-refractivity contribution in [1.82, 2.24) is 10.2 Å². The Morgan fingerprint density at radius 2 is 1.51 bits per heavy atom. The van der Waals surface area contributed by atoms with Crippen molar-refractivity contribution in [3.63, 3.8) is 0 Å². The lowest BCUT2D eigenvalue weighted by Gasteiger charge is -2.26. The number of anilines is 3. The van der Waals surface area contributed by atoms with Crippen molar-refractivity contribution in [1.29, 1.82) is 0 Å². The third-order valence-corrected chi connectivity index (χ3v) is 7.29. The molecule has 1 fully saturated rings. The molecule has 1 aliphatic heterocycles. The molecule has 5 rings (SSSR count). The highest BCUT2D eigenvalue weighted by Gasteiger charge is 2.23. The zero-order valence-electron chi connectivity index (χ0n) is 24.0. The van der Waals surface area contributed by atoms with E-state index >= 15 is 0 Å². The van der Waals surface area contributed by atoms with E-state index in [1.807, 2.05) is 43.3 Å². The molecule has 0 aliphatic carbocycles. The zero-order chi connectivity index (χ0) is 30.2. The summed E-state index contributed by atoms with van der Waals surface area (Å²) in [5.41, 5.74) is 4.66. The SMILES string of the molecule is Cc1cccc(NC(=O)N2CCCN(c3ccc(NC(=O)c4ccccc4)cc3C(=O)NCc3ccc(F)cc3)CC2)c1. The molecule has 4 aromatic carbocycles. The molecule has 0 spiro atoms. The molecule has 0 unspecified atom stereocenters. The second kappa shape index (κ2) is 13.7. The van der Waals surface area contributed by atoms with Crippen LogP contribution in [0.3, 0.4) is 0 Å². The standard InChI is InChI=1S/C34H34FN5O3/c1-24-7-5-10-28(21-24)38-34(43)40-18-6-17-39(19-20-40)31-16-15-29(37-32(41)26-8-3-2-4-9-26)22-30(31)33(42)36-23-25-11-13-27(35)14-12-25/h2-5,7-16,21-22H,6,17-20,23H2,1H3,(H,36,42)(H,37,41)(H,38,43). The van der Waals surface area contributed by atoms with Gasteiger partial charge in [-0.15, -0.1) is 0 Å². The topological polar surface area (TPSA) is 93.8 Å². The van der Waals surface area contributed by atoms with Crippen LogP contribution < -0.4 is 20.9 Å². The van der Waals surface area contributed by atoms with Crippen LogP contribution in [0.4, 0.5) is 26.2 Å². The van der Waals surface area contributed by atoms with Gasteiger partial charge in [-0.05, 0) is 79.1 Å². The number of nitrogens with zero attached hydrogens (tertiary/aromatic N) is 2. The lowest BCUT2D eigenvalue weighted by molar-refractivity contribution is 0.0950. The largest absolute Gasteiger partial charge is 0.369 e. The number of halogens is 1. The predicted octanol–water partition coefficient (Wildman–Crippen LogP) is 6.06. The van der Waals surface area contributed by atoms with Crippen LogP contribution in [0.25, 0.3) is 0 Å². The summed E-state index contributed by atoms with van der Waals surface area (Å²) in [6.45, 7) is 4.40. The number of amides is 4. The summed E-state index contributed by atoms with van der Waals surface area (Å²) >= 11 is 0. The van der Waals surface area contributed by atoms with Crippen LogP contribution in [0.1, 0.15) is 38.3 Å². The highest BCUT2D eigenvalue weighted by atomic mass is 19.1. The predicted molar refractivity (Wildman–Crippen MR) is 167 cm³/mol. The van der Waals surface area contributed by atoms with Crippen LogP contribution in [0.5, 0.6) is 0 Å². The van der Waals surface area contributed by atoms with Gasteiger partial charge in [0.15, 0.2) is 0 Å². The summed E-state index contributed by atoms with van der Waals surface area (Å²) in [5.74, 6) is -0.952. The molecule has 0 atom stereocenters. The fourth-order valence-corrected chi connectivity index (χ4v) is 5.03. The van der Waals surface area contributed by atoms with Crippen molar-refractivity contribution in [3.8, 4) is 0 Å². The Balaban J connectivity index is 1.33. The van der Waals surface area contributed by atoms with Crippen molar-refractivity contribution in [2.45, 2.75) is 19.9 Å². The summed E-state index contributed by atoms with van der Waals surface area (Å²) in [5, 5.41) is 8.79. The first kappa shape index (κ1) is 29.3. The number of nitrogens with one attached hydrogen (secondary N) is 3. The van der Waals surface area contributed by atoms with Crippen molar-refractivity contribution in [3.05, 3.63) is 125 Å². The van der Waals surface area contributed by atoms with Gasteiger partial charge >= 0.3 is 6.03 Å². The van der Waals surface area contributed by atoms with E-state index in [4.69, 9.17) is 0 Å². The maximum absolute atomic E-state index is 13.5. The lowest BCUT2D eigenvalue weighted by atomic mass is 10.1. The van der Waals surface area contributed by atoms with Crippen molar-refractivity contribution in [2.24, 2.45) is 0 Å². The first-order valence-corrected chi connectivity index (χ1v) is 14.3. The molecule has 4 aromatic rings. The molecule has 9 heteroatoms. The molecule has 1 aliphatic rings. The minimum Gasteiger partial charge on any atom is -0.369 e. The second-order valence-electron chi connectivity index (χ2n) is 10.5. The van der Waals surface area contributed by atoms with E-state index in [-0.39, 0.29) is 30.2 Å². The third-order valence-electron chi connectivity index (χ3n) is 7.29. The summed E-state index contributed by atoms with van der Waals surface area (Å²) in [6.07, 6.45) is 0.713. The number of carbonyl (C=O) groups is 3. The quantitative estimate of drug-likeness (QED) is 0.248. The van der Waals surface area contributed by atoms with Gasteiger partial charge in [0, 0.05) is 55.3 Å². The Labute approximate surface area is 250 Å². The van der Waals surface area contributed by atoms with Crippen LogP contribution in [-0.4, -0.2) is 48.9 Å². The van der Waals surface area contributed by atoms with Gasteiger partial charge < -0.3 is 25.8 Å². The lowest BCUT2D eigenvalue weighted by Crippen LogP contribution is -2.38. The van der Waals surface area contributed by atoms with E-state index in [2.05, 4.69) is 20.9 Å². The summed E-state index contributed by atoms with van der Waals surface area (Å²) in [4.78, 5) is 43.3. The van der Waals surface area contributed by atoms with Gasteiger partial charge in [0.05, 0.1) is 5.56 Å². The summed E-state index contributed by atoms with van der Waals surface area (Å²) in [7, 11) is 0. The maximum atomic E-state index is 13.5. The second-order valence-corrected chi connectivity index (χ2v) is 10.5. The van der Waals surface area contributed by atoms with Gasteiger partial charge in [-0.3, -0.25) is 9.59 Å². The molecule has 220 valence electrons. The number of aryl methyl sites for hydroxylation is 1. The molecule has 0 radical (unpaired) electrons. The van der Waals surface area contributed by atoms with Gasteiger partial charge in [-0.1, -0.05) is 42.5 Å². The number of hydrogen-bond donors (Lipinski definition) is 3. The highest BCUT2D eigenvalue weighted by Crippen LogP contribution is 2.27. The van der Waals surface area contributed by atoms with E-state index < -0.39 is 0 Å². The molecule has 0 bridgehead atoms. The number of rotatable bonds is 7. The molecule has 1 heterocycles. The minimum absolute atomic E-state index is 0.163. The Kier molecular flexibility index (Phi) is 9.31. The molecule has 0 saturated carbocycles. The van der Waals surface area contributed by atoms with Crippen LogP contribution in [0.15, 0.2) is 97.1 Å². The van der Waals surface area contributed by atoms with E-state index in [1.165, 1.54) is 12.1 Å². The minimum atomic E-state index is -0.345. The Morgan fingerprint density at radius 1 is 0.744 bits per heavy atom. The normalized spacial score (nSPS) is 13.2. The van der Waals surface area contributed by atoms with E-state index in [0.29, 0.717) is 55.1 Å². The van der Waals surface area contributed by atoms with E-state index in [0.717, 1.165) is 16.8 Å². The highest BCUT2D eigenvalue weighted by molar-refractivity contribution is 6.06. The average Bonchev–Trinajstić information content (AvgIpc) is 3.28. The van der Waals surface area contributed by atoms with Crippen molar-refractivity contribution >= 4 is 34.9 Å². The van der Waals surface area contributed by atoms with E-state index in [1.54, 1.807) is 53.4 Å². The zero-order valence-corrected chi connectivity index (χ0v) is 24.0. The van der Waals surface area contributed by atoms with Crippen molar-refractivity contribution < 1.29 is 18.8 Å². The van der Waals surface area contributed by atoms with Crippen LogP contribution in [-0.2, 0) is 6.54 Å². The Bertz CT molecular complexity index is 1590. The molecule has 8 nitrogen and oxygen atoms in total. The maximum Gasteiger partial charge on any atom is 0.321 e. The number of hydrogen-bond acceptors (Lipinski definition) is 4. The molecular weight excluding hydrogens is 545 g/mol. The molecule has 0 aromatic heterocycles. The van der Waals surface area contributed by atoms with Gasteiger partial charge in [-0.2, -0.15) is 0 Å². The van der Waals surface area contributed by atoms with Gasteiger partial charge in [0.2, 0.25) is 0 Å². The van der Waals surface area contributed by atoms with Crippen molar-refractivity contribution in [2.75, 3.05) is 41.7 Å².